The number of halogens is 1. The zero-order valence-corrected chi connectivity index (χ0v) is 11.1. The highest BCUT2D eigenvalue weighted by Gasteiger charge is 2.14. The molecule has 1 nitrogen and oxygen atoms in total. The molecule has 0 saturated heterocycles. The molecule has 0 amide bonds. The lowest BCUT2D eigenvalue weighted by molar-refractivity contribution is 0.614. The summed E-state index contributed by atoms with van der Waals surface area (Å²) in [6.07, 6.45) is 2.93. The molecule has 2 aromatic carbocycles. The average Bonchev–Trinajstić information content (AvgIpc) is 2.41. The van der Waals surface area contributed by atoms with Crippen molar-refractivity contribution >= 4 is 5.69 Å². The van der Waals surface area contributed by atoms with Crippen LogP contribution in [0.25, 0.3) is 0 Å². The molecule has 1 atom stereocenters. The predicted molar refractivity (Wildman–Crippen MR) is 77.1 cm³/mol. The van der Waals surface area contributed by atoms with Crippen molar-refractivity contribution < 1.29 is 4.39 Å². The SMILES string of the molecule is CC1CCc2cc(Cc3ccccc3F)ccc2N1. The van der Waals surface area contributed by atoms with E-state index in [-0.39, 0.29) is 5.82 Å². The molecule has 1 aliphatic heterocycles. The smallest absolute Gasteiger partial charge is 0.126 e. The number of hydrogen-bond acceptors (Lipinski definition) is 1. The van der Waals surface area contributed by atoms with E-state index < -0.39 is 0 Å². The normalized spacial score (nSPS) is 17.7. The third-order valence-corrected chi connectivity index (χ3v) is 3.77. The van der Waals surface area contributed by atoms with Gasteiger partial charge in [0.25, 0.3) is 0 Å². The summed E-state index contributed by atoms with van der Waals surface area (Å²) in [6.45, 7) is 2.20. The highest BCUT2D eigenvalue weighted by molar-refractivity contribution is 5.55. The van der Waals surface area contributed by atoms with Crippen molar-refractivity contribution in [1.29, 1.82) is 0 Å². The van der Waals surface area contributed by atoms with E-state index in [0.29, 0.717) is 12.5 Å². The summed E-state index contributed by atoms with van der Waals surface area (Å²) in [6, 6.07) is 14.0. The fraction of sp³-hybridized carbons (Fsp3) is 0.294. The van der Waals surface area contributed by atoms with Crippen LogP contribution in [-0.2, 0) is 12.8 Å². The van der Waals surface area contributed by atoms with E-state index >= 15 is 0 Å². The van der Waals surface area contributed by atoms with E-state index in [0.717, 1.165) is 18.4 Å². The third-order valence-electron chi connectivity index (χ3n) is 3.77. The van der Waals surface area contributed by atoms with Gasteiger partial charge in [0.1, 0.15) is 5.82 Å². The number of hydrogen-bond donors (Lipinski definition) is 1. The van der Waals surface area contributed by atoms with Crippen molar-refractivity contribution in [3.63, 3.8) is 0 Å². The molecule has 2 heteroatoms. The largest absolute Gasteiger partial charge is 0.382 e. The average molecular weight is 255 g/mol. The van der Waals surface area contributed by atoms with E-state index in [1.807, 2.05) is 12.1 Å². The number of anilines is 1. The second-order valence-corrected chi connectivity index (χ2v) is 5.34. The minimum Gasteiger partial charge on any atom is -0.382 e. The summed E-state index contributed by atoms with van der Waals surface area (Å²) in [7, 11) is 0. The molecule has 1 unspecified atom stereocenters. The molecule has 0 radical (unpaired) electrons. The van der Waals surface area contributed by atoms with Crippen LogP contribution < -0.4 is 5.32 Å². The highest BCUT2D eigenvalue weighted by Crippen LogP contribution is 2.26. The van der Waals surface area contributed by atoms with Gasteiger partial charge in [-0.3, -0.25) is 0 Å². The summed E-state index contributed by atoms with van der Waals surface area (Å²) in [5.74, 6) is -0.119. The first-order chi connectivity index (χ1) is 9.22. The number of benzene rings is 2. The predicted octanol–water partition coefficient (Wildman–Crippen LogP) is 4.16. The Morgan fingerprint density at radius 2 is 2.05 bits per heavy atom. The van der Waals surface area contributed by atoms with Crippen LogP contribution in [0.5, 0.6) is 0 Å². The summed E-state index contributed by atoms with van der Waals surface area (Å²) < 4.78 is 13.7. The Balaban J connectivity index is 1.85. The van der Waals surface area contributed by atoms with Crippen molar-refractivity contribution in [2.75, 3.05) is 5.32 Å². The zero-order chi connectivity index (χ0) is 13.2. The summed E-state index contributed by atoms with van der Waals surface area (Å²) in [5.41, 5.74) is 4.53. The van der Waals surface area contributed by atoms with E-state index in [1.165, 1.54) is 22.9 Å². The Kier molecular flexibility index (Phi) is 3.24. The molecular weight excluding hydrogens is 237 g/mol. The van der Waals surface area contributed by atoms with Crippen LogP contribution in [0, 0.1) is 5.82 Å². The summed E-state index contributed by atoms with van der Waals surface area (Å²) in [4.78, 5) is 0. The Morgan fingerprint density at radius 1 is 1.21 bits per heavy atom. The second kappa shape index (κ2) is 5.04. The Labute approximate surface area is 113 Å². The number of aryl methyl sites for hydroxylation is 1. The van der Waals surface area contributed by atoms with Gasteiger partial charge in [0.05, 0.1) is 0 Å². The molecule has 1 N–H and O–H groups in total. The minimum absolute atomic E-state index is 0.119. The molecule has 0 aromatic heterocycles. The van der Waals surface area contributed by atoms with E-state index in [2.05, 4.69) is 30.4 Å². The van der Waals surface area contributed by atoms with Gasteiger partial charge in [-0.25, -0.2) is 4.39 Å². The maximum atomic E-state index is 13.7. The Morgan fingerprint density at radius 3 is 2.89 bits per heavy atom. The number of rotatable bonds is 2. The van der Waals surface area contributed by atoms with Crippen LogP contribution in [-0.4, -0.2) is 6.04 Å². The molecule has 0 aliphatic carbocycles. The van der Waals surface area contributed by atoms with Crippen LogP contribution >= 0.6 is 0 Å². The molecule has 0 spiro atoms. The lowest BCUT2D eigenvalue weighted by atomic mass is 9.95. The Bertz CT molecular complexity index is 592. The quantitative estimate of drug-likeness (QED) is 0.849. The van der Waals surface area contributed by atoms with Gasteiger partial charge in [0.15, 0.2) is 0 Å². The second-order valence-electron chi connectivity index (χ2n) is 5.34. The third kappa shape index (κ3) is 2.62. The topological polar surface area (TPSA) is 12.0 Å². The molecule has 1 aliphatic rings. The van der Waals surface area contributed by atoms with Gasteiger partial charge in [0.2, 0.25) is 0 Å². The first-order valence-electron chi connectivity index (χ1n) is 6.84. The zero-order valence-electron chi connectivity index (χ0n) is 11.1. The number of nitrogens with one attached hydrogen (secondary N) is 1. The van der Waals surface area contributed by atoms with E-state index in [9.17, 15) is 4.39 Å². The maximum Gasteiger partial charge on any atom is 0.126 e. The highest BCUT2D eigenvalue weighted by atomic mass is 19.1. The fourth-order valence-electron chi connectivity index (χ4n) is 2.68. The minimum atomic E-state index is -0.119. The molecule has 3 rings (SSSR count). The molecule has 98 valence electrons. The van der Waals surface area contributed by atoms with Gasteiger partial charge in [0, 0.05) is 18.2 Å². The molecule has 0 bridgehead atoms. The van der Waals surface area contributed by atoms with Crippen LogP contribution in [0.4, 0.5) is 10.1 Å². The van der Waals surface area contributed by atoms with E-state index in [4.69, 9.17) is 0 Å². The summed E-state index contributed by atoms with van der Waals surface area (Å²) in [5, 5.41) is 3.49. The van der Waals surface area contributed by atoms with Crippen molar-refractivity contribution in [2.45, 2.75) is 32.2 Å². The van der Waals surface area contributed by atoms with Crippen LogP contribution in [0.1, 0.15) is 30.0 Å². The Hall–Kier alpha value is -1.83. The van der Waals surface area contributed by atoms with Crippen molar-refractivity contribution in [3.8, 4) is 0 Å². The monoisotopic (exact) mass is 255 g/mol. The molecular formula is C17H18FN. The van der Waals surface area contributed by atoms with Gasteiger partial charge < -0.3 is 5.32 Å². The van der Waals surface area contributed by atoms with Crippen LogP contribution in [0.2, 0.25) is 0 Å². The van der Waals surface area contributed by atoms with Gasteiger partial charge in [-0.1, -0.05) is 30.3 Å². The standard InChI is InChI=1S/C17H18FN/c1-12-6-8-15-11-13(7-9-17(15)19-12)10-14-4-2-3-5-16(14)18/h2-5,7,9,11-12,19H,6,8,10H2,1H3. The molecule has 2 aromatic rings. The van der Waals surface area contributed by atoms with Gasteiger partial charge >= 0.3 is 0 Å². The summed E-state index contributed by atoms with van der Waals surface area (Å²) >= 11 is 0. The van der Waals surface area contributed by atoms with Crippen molar-refractivity contribution in [2.24, 2.45) is 0 Å². The van der Waals surface area contributed by atoms with Gasteiger partial charge in [-0.05, 0) is 48.6 Å². The lowest BCUT2D eigenvalue weighted by Crippen LogP contribution is -2.21. The first kappa shape index (κ1) is 12.2. The maximum absolute atomic E-state index is 13.7. The van der Waals surface area contributed by atoms with Crippen molar-refractivity contribution in [3.05, 3.63) is 65.0 Å². The van der Waals surface area contributed by atoms with Crippen molar-refractivity contribution in [1.82, 2.24) is 0 Å². The van der Waals surface area contributed by atoms with E-state index in [1.54, 1.807) is 6.07 Å². The number of fused-ring (bicyclic) bond motifs is 1. The molecule has 1 heterocycles. The molecule has 0 fully saturated rings. The van der Waals surface area contributed by atoms with Gasteiger partial charge in [-0.15, -0.1) is 0 Å². The molecule has 0 saturated carbocycles. The van der Waals surface area contributed by atoms with Crippen LogP contribution in [0.3, 0.4) is 0 Å². The molecule has 19 heavy (non-hydrogen) atoms. The first-order valence-corrected chi connectivity index (χ1v) is 6.84. The fourth-order valence-corrected chi connectivity index (χ4v) is 2.68. The van der Waals surface area contributed by atoms with Crippen LogP contribution in [0.15, 0.2) is 42.5 Å². The van der Waals surface area contributed by atoms with Gasteiger partial charge in [-0.2, -0.15) is 0 Å². The lowest BCUT2D eigenvalue weighted by Gasteiger charge is -2.24.